The summed E-state index contributed by atoms with van der Waals surface area (Å²) in [6, 6.07) is 12.0. The zero-order valence-electron chi connectivity index (χ0n) is 18.0. The normalized spacial score (nSPS) is 13.8. The number of rotatable bonds is 6. The highest BCUT2D eigenvalue weighted by Gasteiger charge is 2.14. The van der Waals surface area contributed by atoms with Crippen LogP contribution in [0.4, 0.5) is 31.9 Å². The van der Waals surface area contributed by atoms with Crippen molar-refractivity contribution in [2.75, 3.05) is 41.8 Å². The third-order valence-corrected chi connectivity index (χ3v) is 4.96. The number of ether oxygens (including phenoxy) is 1. The number of aromatic nitrogens is 2. The highest BCUT2D eigenvalue weighted by Crippen LogP contribution is 2.21. The van der Waals surface area contributed by atoms with Crippen molar-refractivity contribution in [3.8, 4) is 0 Å². The lowest BCUT2D eigenvalue weighted by molar-refractivity contribution is -0.111. The summed E-state index contributed by atoms with van der Waals surface area (Å²) >= 11 is 0. The zero-order valence-corrected chi connectivity index (χ0v) is 18.0. The highest BCUT2D eigenvalue weighted by molar-refractivity contribution is 6.02. The third-order valence-electron chi connectivity index (χ3n) is 4.96. The first-order valence-corrected chi connectivity index (χ1v) is 10.5. The van der Waals surface area contributed by atoms with E-state index in [0.29, 0.717) is 24.8 Å². The van der Waals surface area contributed by atoms with Crippen LogP contribution in [-0.4, -0.2) is 42.2 Å². The van der Waals surface area contributed by atoms with Crippen molar-refractivity contribution >= 4 is 35.1 Å². The van der Waals surface area contributed by atoms with E-state index in [4.69, 9.17) is 4.74 Å². The molecule has 0 aliphatic carbocycles. The lowest BCUT2D eigenvalue weighted by atomic mass is 10.2. The van der Waals surface area contributed by atoms with Crippen molar-refractivity contribution in [2.24, 2.45) is 0 Å². The van der Waals surface area contributed by atoms with E-state index in [1.54, 1.807) is 24.3 Å². The maximum Gasteiger partial charge on any atom is 0.248 e. The number of nitrogens with one attached hydrogen (secondary N) is 2. The molecule has 33 heavy (non-hydrogen) atoms. The maximum absolute atomic E-state index is 13.7. The molecule has 1 amide bonds. The van der Waals surface area contributed by atoms with Gasteiger partial charge in [-0.25, -0.2) is 13.8 Å². The van der Waals surface area contributed by atoms with Crippen LogP contribution in [0.2, 0.25) is 0 Å². The molecule has 4 rings (SSSR count). The van der Waals surface area contributed by atoms with Crippen molar-refractivity contribution in [3.05, 3.63) is 77.5 Å². The van der Waals surface area contributed by atoms with Gasteiger partial charge in [-0.1, -0.05) is 0 Å². The number of nitrogens with zero attached hydrogens (tertiary/aromatic N) is 3. The monoisotopic (exact) mass is 451 g/mol. The number of halogens is 2. The molecule has 2 N–H and O–H groups in total. The molecule has 7 nitrogen and oxygen atoms in total. The van der Waals surface area contributed by atoms with Gasteiger partial charge in [-0.15, -0.1) is 0 Å². The zero-order chi connectivity index (χ0) is 23.2. The summed E-state index contributed by atoms with van der Waals surface area (Å²) in [6.07, 6.45) is 2.38. The molecule has 1 aliphatic rings. The van der Waals surface area contributed by atoms with E-state index >= 15 is 0 Å². The lowest BCUT2D eigenvalue weighted by Crippen LogP contribution is -2.36. The standard InChI is InChI=1S/C24H23F2N5O2/c1-16-14-22(31-10-12-33-13-11-31)30-24(27-16)29-20-6-4-19(5-7-20)28-23(32)9-2-17-15-18(25)3-8-21(17)26/h2-9,14-15H,10-13H2,1H3,(H,28,32)(H,27,29,30)/b9-2+. The van der Waals surface area contributed by atoms with Crippen LogP contribution in [0.15, 0.2) is 54.6 Å². The largest absolute Gasteiger partial charge is 0.378 e. The molecule has 9 heteroatoms. The third kappa shape index (κ3) is 6.11. The molecule has 1 fully saturated rings. The molecule has 1 saturated heterocycles. The SMILES string of the molecule is Cc1cc(N2CCOCC2)nc(Nc2ccc(NC(=O)/C=C/c3cc(F)ccc3F)cc2)n1. The maximum atomic E-state index is 13.7. The van der Waals surface area contributed by atoms with Gasteiger partial charge in [-0.05, 0) is 55.5 Å². The van der Waals surface area contributed by atoms with E-state index in [2.05, 4.69) is 25.5 Å². The van der Waals surface area contributed by atoms with E-state index in [1.807, 2.05) is 13.0 Å². The Morgan fingerprint density at radius 2 is 1.76 bits per heavy atom. The Hall–Kier alpha value is -3.85. The van der Waals surface area contributed by atoms with E-state index in [0.717, 1.165) is 54.6 Å². The van der Waals surface area contributed by atoms with Crippen molar-refractivity contribution < 1.29 is 18.3 Å². The minimum atomic E-state index is -0.606. The quantitative estimate of drug-likeness (QED) is 0.544. The van der Waals surface area contributed by atoms with Gasteiger partial charge >= 0.3 is 0 Å². The fourth-order valence-corrected chi connectivity index (χ4v) is 3.32. The van der Waals surface area contributed by atoms with Crippen molar-refractivity contribution in [1.82, 2.24) is 9.97 Å². The number of morpholine rings is 1. The molecule has 2 aromatic carbocycles. The summed E-state index contributed by atoms with van der Waals surface area (Å²) in [5.41, 5.74) is 2.15. The number of aryl methyl sites for hydroxylation is 1. The van der Waals surface area contributed by atoms with Crippen LogP contribution in [-0.2, 0) is 9.53 Å². The van der Waals surface area contributed by atoms with Crippen molar-refractivity contribution in [1.29, 1.82) is 0 Å². The van der Waals surface area contributed by atoms with Gasteiger partial charge < -0.3 is 20.3 Å². The molecule has 1 aliphatic heterocycles. The number of carbonyl (C=O) groups excluding carboxylic acids is 1. The van der Waals surface area contributed by atoms with Gasteiger partial charge in [0, 0.05) is 47.9 Å². The average molecular weight is 451 g/mol. The fraction of sp³-hybridized carbons (Fsp3) is 0.208. The van der Waals surface area contributed by atoms with Crippen LogP contribution in [0, 0.1) is 18.6 Å². The number of carbonyl (C=O) groups is 1. The summed E-state index contributed by atoms with van der Waals surface area (Å²) in [7, 11) is 0. The predicted octanol–water partition coefficient (Wildman–Crippen LogP) is 4.30. The number of amides is 1. The summed E-state index contributed by atoms with van der Waals surface area (Å²) in [5.74, 6) is -0.316. The lowest BCUT2D eigenvalue weighted by Gasteiger charge is -2.28. The minimum Gasteiger partial charge on any atom is -0.378 e. The summed E-state index contributed by atoms with van der Waals surface area (Å²) < 4.78 is 32.3. The Morgan fingerprint density at radius 3 is 2.52 bits per heavy atom. The Kier molecular flexibility index (Phi) is 6.89. The van der Waals surface area contributed by atoms with E-state index in [-0.39, 0.29) is 5.56 Å². The van der Waals surface area contributed by atoms with Crippen LogP contribution in [0.3, 0.4) is 0 Å². The summed E-state index contributed by atoms with van der Waals surface area (Å²) in [5, 5.41) is 5.86. The fourth-order valence-electron chi connectivity index (χ4n) is 3.32. The molecular weight excluding hydrogens is 428 g/mol. The van der Waals surface area contributed by atoms with Gasteiger partial charge in [0.1, 0.15) is 17.5 Å². The Labute approximate surface area is 190 Å². The van der Waals surface area contributed by atoms with Crippen molar-refractivity contribution in [3.63, 3.8) is 0 Å². The first-order valence-electron chi connectivity index (χ1n) is 10.5. The number of benzene rings is 2. The summed E-state index contributed by atoms with van der Waals surface area (Å²) in [6.45, 7) is 4.82. The van der Waals surface area contributed by atoms with Crippen LogP contribution >= 0.6 is 0 Å². The van der Waals surface area contributed by atoms with Gasteiger partial charge in [0.05, 0.1) is 13.2 Å². The molecule has 0 radical (unpaired) electrons. The summed E-state index contributed by atoms with van der Waals surface area (Å²) in [4.78, 5) is 23.3. The molecule has 0 spiro atoms. The van der Waals surface area contributed by atoms with E-state index < -0.39 is 17.5 Å². The smallest absolute Gasteiger partial charge is 0.248 e. The first-order chi connectivity index (χ1) is 16.0. The molecule has 0 bridgehead atoms. The number of hydrogen-bond acceptors (Lipinski definition) is 6. The van der Waals surface area contributed by atoms with Gasteiger partial charge in [0.15, 0.2) is 0 Å². The average Bonchev–Trinajstić information content (AvgIpc) is 2.81. The Balaban J connectivity index is 1.38. The molecule has 2 heterocycles. The molecule has 0 unspecified atom stereocenters. The van der Waals surface area contributed by atoms with Gasteiger partial charge in [0.25, 0.3) is 0 Å². The van der Waals surface area contributed by atoms with E-state index in [1.165, 1.54) is 6.08 Å². The Bertz CT molecular complexity index is 1160. The van der Waals surface area contributed by atoms with Crippen molar-refractivity contribution in [2.45, 2.75) is 6.92 Å². The first kappa shape index (κ1) is 22.3. The molecule has 3 aromatic rings. The predicted molar refractivity (Wildman–Crippen MR) is 124 cm³/mol. The highest BCUT2D eigenvalue weighted by atomic mass is 19.1. The van der Waals surface area contributed by atoms with Crippen LogP contribution in [0.5, 0.6) is 0 Å². The Morgan fingerprint density at radius 1 is 1.03 bits per heavy atom. The van der Waals surface area contributed by atoms with Crippen LogP contribution in [0.1, 0.15) is 11.3 Å². The van der Waals surface area contributed by atoms with Crippen LogP contribution in [0.25, 0.3) is 6.08 Å². The van der Waals surface area contributed by atoms with Crippen LogP contribution < -0.4 is 15.5 Å². The number of hydrogen-bond donors (Lipinski definition) is 2. The minimum absolute atomic E-state index is 0.000647. The second-order valence-corrected chi connectivity index (χ2v) is 7.48. The van der Waals surface area contributed by atoms with Gasteiger partial charge in [-0.2, -0.15) is 4.98 Å². The number of anilines is 4. The second kappa shape index (κ2) is 10.2. The topological polar surface area (TPSA) is 79.4 Å². The second-order valence-electron chi connectivity index (χ2n) is 7.48. The van der Waals surface area contributed by atoms with E-state index in [9.17, 15) is 13.6 Å². The molecule has 0 saturated carbocycles. The molecular formula is C24H23F2N5O2. The van der Waals surface area contributed by atoms with Gasteiger partial charge in [0.2, 0.25) is 11.9 Å². The molecule has 1 aromatic heterocycles. The molecule has 0 atom stereocenters. The molecule has 170 valence electrons. The van der Waals surface area contributed by atoms with Gasteiger partial charge in [-0.3, -0.25) is 4.79 Å².